The number of nitrogens with two attached hydrogens (primary N) is 1. The SMILES string of the molecule is Cc1ccc(C(=O)N2CCCC(CO)C2)c(N)c1. The van der Waals surface area contributed by atoms with Crippen LogP contribution in [0.25, 0.3) is 0 Å². The summed E-state index contributed by atoms with van der Waals surface area (Å²) in [6.45, 7) is 3.48. The first-order chi connectivity index (χ1) is 8.61. The highest BCUT2D eigenvalue weighted by molar-refractivity contribution is 5.99. The Kier molecular flexibility index (Phi) is 3.87. The maximum atomic E-state index is 12.4. The number of nitrogens with zero attached hydrogens (tertiary/aromatic N) is 1. The molecule has 1 atom stereocenters. The van der Waals surface area contributed by atoms with Crippen LogP contribution in [0.15, 0.2) is 18.2 Å². The molecule has 1 aromatic rings. The second-order valence-corrected chi connectivity index (χ2v) is 5.03. The van der Waals surface area contributed by atoms with Gasteiger partial charge in [-0.05, 0) is 43.4 Å². The molecule has 0 saturated carbocycles. The third-order valence-corrected chi connectivity index (χ3v) is 3.50. The molecule has 1 aliphatic rings. The fourth-order valence-electron chi connectivity index (χ4n) is 2.45. The summed E-state index contributed by atoms with van der Waals surface area (Å²) in [6.07, 6.45) is 1.94. The average molecular weight is 248 g/mol. The van der Waals surface area contributed by atoms with Gasteiger partial charge in [0.25, 0.3) is 5.91 Å². The highest BCUT2D eigenvalue weighted by atomic mass is 16.3. The summed E-state index contributed by atoms with van der Waals surface area (Å²) in [5.74, 6) is 0.181. The maximum absolute atomic E-state index is 12.4. The van der Waals surface area contributed by atoms with E-state index in [1.54, 1.807) is 11.0 Å². The third-order valence-electron chi connectivity index (χ3n) is 3.50. The van der Waals surface area contributed by atoms with Gasteiger partial charge < -0.3 is 15.7 Å². The number of aliphatic hydroxyl groups excluding tert-OH is 1. The van der Waals surface area contributed by atoms with E-state index in [0.717, 1.165) is 24.9 Å². The number of anilines is 1. The predicted molar refractivity (Wildman–Crippen MR) is 71.3 cm³/mol. The number of aliphatic hydroxyl groups is 1. The van der Waals surface area contributed by atoms with Crippen molar-refractivity contribution in [2.45, 2.75) is 19.8 Å². The Morgan fingerprint density at radius 1 is 1.56 bits per heavy atom. The van der Waals surface area contributed by atoms with Crippen LogP contribution in [0.2, 0.25) is 0 Å². The fourth-order valence-corrected chi connectivity index (χ4v) is 2.45. The van der Waals surface area contributed by atoms with Crippen LogP contribution in [-0.2, 0) is 0 Å². The largest absolute Gasteiger partial charge is 0.398 e. The number of nitrogen functional groups attached to an aromatic ring is 1. The second kappa shape index (κ2) is 5.40. The number of amides is 1. The van der Waals surface area contributed by atoms with Crippen molar-refractivity contribution in [2.24, 2.45) is 5.92 Å². The zero-order valence-corrected chi connectivity index (χ0v) is 10.7. The number of benzene rings is 1. The van der Waals surface area contributed by atoms with Gasteiger partial charge in [0.15, 0.2) is 0 Å². The summed E-state index contributed by atoms with van der Waals surface area (Å²) < 4.78 is 0. The van der Waals surface area contributed by atoms with Crippen LogP contribution in [0.5, 0.6) is 0 Å². The highest BCUT2D eigenvalue weighted by Gasteiger charge is 2.24. The summed E-state index contributed by atoms with van der Waals surface area (Å²) in [7, 11) is 0. The van der Waals surface area contributed by atoms with Crippen LogP contribution in [-0.4, -0.2) is 35.6 Å². The molecule has 1 unspecified atom stereocenters. The summed E-state index contributed by atoms with van der Waals surface area (Å²) in [4.78, 5) is 14.2. The molecule has 0 bridgehead atoms. The minimum atomic E-state index is -0.0225. The van der Waals surface area contributed by atoms with Gasteiger partial charge in [-0.1, -0.05) is 6.07 Å². The van der Waals surface area contributed by atoms with E-state index >= 15 is 0 Å². The lowest BCUT2D eigenvalue weighted by molar-refractivity contribution is 0.0622. The Bertz CT molecular complexity index is 445. The fraction of sp³-hybridized carbons (Fsp3) is 0.500. The van der Waals surface area contributed by atoms with Crippen LogP contribution in [0.4, 0.5) is 5.69 Å². The molecule has 1 fully saturated rings. The number of rotatable bonds is 2. The Morgan fingerprint density at radius 2 is 2.33 bits per heavy atom. The van der Waals surface area contributed by atoms with Gasteiger partial charge in [-0.2, -0.15) is 0 Å². The van der Waals surface area contributed by atoms with E-state index in [1.165, 1.54) is 0 Å². The molecule has 1 saturated heterocycles. The molecule has 0 radical (unpaired) electrons. The minimum absolute atomic E-state index is 0.0225. The minimum Gasteiger partial charge on any atom is -0.398 e. The molecule has 0 spiro atoms. The summed E-state index contributed by atoms with van der Waals surface area (Å²) in [6, 6.07) is 5.51. The third kappa shape index (κ3) is 2.64. The molecule has 0 aliphatic carbocycles. The van der Waals surface area contributed by atoms with E-state index in [1.807, 2.05) is 19.1 Å². The van der Waals surface area contributed by atoms with Crippen LogP contribution in [0.1, 0.15) is 28.8 Å². The van der Waals surface area contributed by atoms with Crippen molar-refractivity contribution in [1.29, 1.82) is 0 Å². The molecule has 1 amide bonds. The van der Waals surface area contributed by atoms with Gasteiger partial charge in [-0.25, -0.2) is 0 Å². The first-order valence-electron chi connectivity index (χ1n) is 6.38. The Labute approximate surface area is 107 Å². The van der Waals surface area contributed by atoms with Gasteiger partial charge in [-0.15, -0.1) is 0 Å². The van der Waals surface area contributed by atoms with E-state index in [2.05, 4.69) is 0 Å². The molecule has 1 aromatic carbocycles. The van der Waals surface area contributed by atoms with Crippen molar-refractivity contribution < 1.29 is 9.90 Å². The standard InChI is InChI=1S/C14H20N2O2/c1-10-4-5-12(13(15)7-10)14(18)16-6-2-3-11(8-16)9-17/h4-5,7,11,17H,2-3,6,8-9,15H2,1H3. The maximum Gasteiger partial charge on any atom is 0.255 e. The van der Waals surface area contributed by atoms with Gasteiger partial charge in [-0.3, -0.25) is 4.79 Å². The molecule has 18 heavy (non-hydrogen) atoms. The number of likely N-dealkylation sites (tertiary alicyclic amines) is 1. The molecule has 4 heteroatoms. The monoisotopic (exact) mass is 248 g/mol. The number of carbonyl (C=O) groups is 1. The molecule has 3 N–H and O–H groups in total. The summed E-state index contributed by atoms with van der Waals surface area (Å²) in [5, 5.41) is 9.19. The van der Waals surface area contributed by atoms with Crippen LogP contribution >= 0.6 is 0 Å². The predicted octanol–water partition coefficient (Wildman–Crippen LogP) is 1.42. The summed E-state index contributed by atoms with van der Waals surface area (Å²) in [5.41, 5.74) is 8.05. The number of aryl methyl sites for hydroxylation is 1. The molecular weight excluding hydrogens is 228 g/mol. The molecule has 4 nitrogen and oxygen atoms in total. The van der Waals surface area contributed by atoms with Gasteiger partial charge >= 0.3 is 0 Å². The van der Waals surface area contributed by atoms with Crippen molar-refractivity contribution in [3.8, 4) is 0 Å². The van der Waals surface area contributed by atoms with Crippen LogP contribution in [0, 0.1) is 12.8 Å². The first kappa shape index (κ1) is 12.9. The first-order valence-corrected chi connectivity index (χ1v) is 6.38. The lowest BCUT2D eigenvalue weighted by Crippen LogP contribution is -2.41. The Balaban J connectivity index is 2.15. The number of piperidine rings is 1. The van der Waals surface area contributed by atoms with Gasteiger partial charge in [0.1, 0.15) is 0 Å². The summed E-state index contributed by atoms with van der Waals surface area (Å²) >= 11 is 0. The van der Waals surface area contributed by atoms with Crippen molar-refractivity contribution >= 4 is 11.6 Å². The van der Waals surface area contributed by atoms with Gasteiger partial charge in [0.2, 0.25) is 0 Å². The zero-order chi connectivity index (χ0) is 13.1. The molecule has 1 aliphatic heterocycles. The van der Waals surface area contributed by atoms with E-state index in [0.29, 0.717) is 17.8 Å². The zero-order valence-electron chi connectivity index (χ0n) is 10.7. The lowest BCUT2D eigenvalue weighted by Gasteiger charge is -2.32. The molecule has 1 heterocycles. The Morgan fingerprint density at radius 3 is 3.00 bits per heavy atom. The lowest BCUT2D eigenvalue weighted by atomic mass is 9.98. The quantitative estimate of drug-likeness (QED) is 0.778. The van der Waals surface area contributed by atoms with E-state index in [9.17, 15) is 9.90 Å². The molecule has 0 aromatic heterocycles. The second-order valence-electron chi connectivity index (χ2n) is 5.03. The van der Waals surface area contributed by atoms with E-state index < -0.39 is 0 Å². The van der Waals surface area contributed by atoms with E-state index in [-0.39, 0.29) is 18.4 Å². The van der Waals surface area contributed by atoms with E-state index in [4.69, 9.17) is 5.73 Å². The highest BCUT2D eigenvalue weighted by Crippen LogP contribution is 2.21. The van der Waals surface area contributed by atoms with Crippen molar-refractivity contribution in [3.05, 3.63) is 29.3 Å². The topological polar surface area (TPSA) is 66.6 Å². The number of hydrogen-bond donors (Lipinski definition) is 2. The molecular formula is C14H20N2O2. The van der Waals surface area contributed by atoms with Crippen molar-refractivity contribution in [3.63, 3.8) is 0 Å². The molecule has 2 rings (SSSR count). The van der Waals surface area contributed by atoms with Crippen molar-refractivity contribution in [2.75, 3.05) is 25.4 Å². The van der Waals surface area contributed by atoms with Crippen molar-refractivity contribution in [1.82, 2.24) is 4.90 Å². The van der Waals surface area contributed by atoms with Crippen LogP contribution in [0.3, 0.4) is 0 Å². The molecule has 98 valence electrons. The van der Waals surface area contributed by atoms with Gasteiger partial charge in [0.05, 0.1) is 5.56 Å². The number of carbonyl (C=O) groups excluding carboxylic acids is 1. The van der Waals surface area contributed by atoms with Crippen LogP contribution < -0.4 is 5.73 Å². The normalized spacial score (nSPS) is 19.9. The average Bonchev–Trinajstić information content (AvgIpc) is 2.38. The van der Waals surface area contributed by atoms with Gasteiger partial charge in [0, 0.05) is 25.4 Å². The number of hydrogen-bond acceptors (Lipinski definition) is 3. The Hall–Kier alpha value is -1.55. The smallest absolute Gasteiger partial charge is 0.255 e.